The van der Waals surface area contributed by atoms with Gasteiger partial charge >= 0.3 is 5.97 Å². The van der Waals surface area contributed by atoms with Crippen molar-refractivity contribution in [2.45, 2.75) is 25.3 Å². The number of carboxylic acids is 1. The van der Waals surface area contributed by atoms with Crippen molar-refractivity contribution in [3.63, 3.8) is 0 Å². The fraction of sp³-hybridized carbons (Fsp3) is 0.889. The minimum atomic E-state index is -0.773. The summed E-state index contributed by atoms with van der Waals surface area (Å²) in [6.45, 7) is 0.646. The van der Waals surface area contributed by atoms with Crippen LogP contribution in [0.1, 0.15) is 19.3 Å². The summed E-state index contributed by atoms with van der Waals surface area (Å²) in [6, 6.07) is -0.389. The molecule has 0 spiro atoms. The van der Waals surface area contributed by atoms with Crippen molar-refractivity contribution in [3.05, 3.63) is 0 Å². The summed E-state index contributed by atoms with van der Waals surface area (Å²) in [5, 5.41) is 11.9. The van der Waals surface area contributed by atoms with Gasteiger partial charge in [0.2, 0.25) is 0 Å². The second kappa shape index (κ2) is 5.46. The molecule has 0 aliphatic heterocycles. The minimum Gasteiger partial charge on any atom is -0.480 e. The first-order valence-corrected chi connectivity index (χ1v) is 6.60. The van der Waals surface area contributed by atoms with E-state index in [-0.39, 0.29) is 6.04 Å². The molecule has 1 aliphatic rings. The Morgan fingerprint density at radius 2 is 2.29 bits per heavy atom. The van der Waals surface area contributed by atoms with E-state index in [0.717, 1.165) is 19.3 Å². The molecule has 2 unspecified atom stereocenters. The highest BCUT2D eigenvalue weighted by molar-refractivity contribution is 7.84. The predicted octanol–water partition coefficient (Wildman–Crippen LogP) is 0.208. The summed E-state index contributed by atoms with van der Waals surface area (Å²) >= 11 is 0. The van der Waals surface area contributed by atoms with Gasteiger partial charge in [0.15, 0.2) is 0 Å². The third-order valence-corrected chi connectivity index (χ3v) is 3.20. The van der Waals surface area contributed by atoms with Crippen LogP contribution in [0, 0.1) is 5.92 Å². The van der Waals surface area contributed by atoms with Crippen molar-refractivity contribution in [3.8, 4) is 0 Å². The van der Waals surface area contributed by atoms with Crippen molar-refractivity contribution in [1.82, 2.24) is 5.32 Å². The topological polar surface area (TPSA) is 66.4 Å². The minimum absolute atomic E-state index is 0.319. The van der Waals surface area contributed by atoms with Crippen LogP contribution in [0.3, 0.4) is 0 Å². The average molecular weight is 219 g/mol. The van der Waals surface area contributed by atoms with Gasteiger partial charge in [-0.25, -0.2) is 0 Å². The zero-order valence-electron chi connectivity index (χ0n) is 8.36. The van der Waals surface area contributed by atoms with E-state index < -0.39 is 16.8 Å². The smallest absolute Gasteiger partial charge is 0.320 e. The van der Waals surface area contributed by atoms with Gasteiger partial charge < -0.3 is 10.4 Å². The average Bonchev–Trinajstić information content (AvgIpc) is 2.86. The third kappa shape index (κ3) is 4.19. The van der Waals surface area contributed by atoms with Crippen LogP contribution < -0.4 is 5.32 Å². The fourth-order valence-electron chi connectivity index (χ4n) is 1.42. The van der Waals surface area contributed by atoms with E-state index in [1.165, 1.54) is 0 Å². The Balaban J connectivity index is 2.14. The Labute approximate surface area is 86.5 Å². The maximum atomic E-state index is 10.8. The van der Waals surface area contributed by atoms with Crippen LogP contribution in [0.2, 0.25) is 0 Å². The summed E-state index contributed by atoms with van der Waals surface area (Å²) in [4.78, 5) is 10.8. The Morgan fingerprint density at radius 1 is 1.64 bits per heavy atom. The molecule has 4 nitrogen and oxygen atoms in total. The first-order chi connectivity index (χ1) is 6.61. The molecule has 0 heterocycles. The van der Waals surface area contributed by atoms with E-state index in [2.05, 4.69) is 5.32 Å². The molecule has 0 bridgehead atoms. The van der Waals surface area contributed by atoms with Gasteiger partial charge in [-0.3, -0.25) is 9.00 Å². The van der Waals surface area contributed by atoms with E-state index in [0.29, 0.717) is 18.2 Å². The van der Waals surface area contributed by atoms with Gasteiger partial charge in [-0.05, 0) is 31.7 Å². The fourth-order valence-corrected chi connectivity index (χ4v) is 1.97. The molecule has 2 N–H and O–H groups in total. The molecule has 1 aliphatic carbocycles. The lowest BCUT2D eigenvalue weighted by atomic mass is 10.2. The van der Waals surface area contributed by atoms with Crippen LogP contribution in [-0.2, 0) is 15.6 Å². The van der Waals surface area contributed by atoms with Crippen molar-refractivity contribution < 1.29 is 14.1 Å². The summed E-state index contributed by atoms with van der Waals surface area (Å²) in [5.41, 5.74) is 0. The molecule has 0 aromatic heterocycles. The molecule has 0 aromatic carbocycles. The SMILES string of the molecule is CS(=O)CCCNC(C(=O)O)C1CC1. The van der Waals surface area contributed by atoms with E-state index in [9.17, 15) is 9.00 Å². The summed E-state index contributed by atoms with van der Waals surface area (Å²) in [5.74, 6) is 0.203. The van der Waals surface area contributed by atoms with Gasteiger partial charge in [0, 0.05) is 22.8 Å². The lowest BCUT2D eigenvalue weighted by molar-refractivity contribution is -0.140. The summed E-state index contributed by atoms with van der Waals surface area (Å²) in [7, 11) is -0.773. The van der Waals surface area contributed by atoms with Crippen LogP contribution in [0.25, 0.3) is 0 Å². The molecule has 2 atom stereocenters. The second-order valence-corrected chi connectivity index (χ2v) is 5.29. The number of hydrogen-bond donors (Lipinski definition) is 2. The van der Waals surface area contributed by atoms with Crippen molar-refractivity contribution in [2.75, 3.05) is 18.6 Å². The molecule has 1 saturated carbocycles. The summed E-state index contributed by atoms with van der Waals surface area (Å²) in [6.07, 6.45) is 4.47. The van der Waals surface area contributed by atoms with E-state index in [1.54, 1.807) is 6.26 Å². The molecule has 0 amide bonds. The Bertz CT molecular complexity index is 228. The van der Waals surface area contributed by atoms with Gasteiger partial charge in [0.05, 0.1) is 0 Å². The molecule has 14 heavy (non-hydrogen) atoms. The Morgan fingerprint density at radius 3 is 2.71 bits per heavy atom. The lowest BCUT2D eigenvalue weighted by Gasteiger charge is -2.12. The van der Waals surface area contributed by atoms with Crippen LogP contribution in [0.4, 0.5) is 0 Å². The highest BCUT2D eigenvalue weighted by atomic mass is 32.2. The highest BCUT2D eigenvalue weighted by Gasteiger charge is 2.35. The maximum Gasteiger partial charge on any atom is 0.320 e. The van der Waals surface area contributed by atoms with Crippen molar-refractivity contribution >= 4 is 16.8 Å². The molecule has 1 rings (SSSR count). The van der Waals surface area contributed by atoms with E-state index in [4.69, 9.17) is 5.11 Å². The lowest BCUT2D eigenvalue weighted by Crippen LogP contribution is -2.39. The quantitative estimate of drug-likeness (QED) is 0.601. The van der Waals surface area contributed by atoms with Gasteiger partial charge in [0.25, 0.3) is 0 Å². The normalized spacial score (nSPS) is 20.4. The van der Waals surface area contributed by atoms with E-state index in [1.807, 2.05) is 0 Å². The van der Waals surface area contributed by atoms with Gasteiger partial charge in [-0.15, -0.1) is 0 Å². The van der Waals surface area contributed by atoms with Crippen molar-refractivity contribution in [2.24, 2.45) is 5.92 Å². The van der Waals surface area contributed by atoms with Gasteiger partial charge in [-0.2, -0.15) is 0 Å². The Kier molecular flexibility index (Phi) is 4.54. The van der Waals surface area contributed by atoms with Crippen LogP contribution in [0.15, 0.2) is 0 Å². The predicted molar refractivity (Wildman–Crippen MR) is 55.7 cm³/mol. The zero-order chi connectivity index (χ0) is 10.6. The Hall–Kier alpha value is -0.420. The van der Waals surface area contributed by atoms with Crippen LogP contribution >= 0.6 is 0 Å². The number of carboxylic acid groups (broad SMARTS) is 1. The summed E-state index contributed by atoms with van der Waals surface area (Å²) < 4.78 is 10.7. The van der Waals surface area contributed by atoms with Gasteiger partial charge in [0.1, 0.15) is 6.04 Å². The molecule has 0 aromatic rings. The van der Waals surface area contributed by atoms with Gasteiger partial charge in [-0.1, -0.05) is 0 Å². The molecular formula is C9H17NO3S. The molecular weight excluding hydrogens is 202 g/mol. The first kappa shape index (κ1) is 11.7. The number of carbonyl (C=O) groups is 1. The molecule has 0 radical (unpaired) electrons. The van der Waals surface area contributed by atoms with E-state index >= 15 is 0 Å². The number of hydrogen-bond acceptors (Lipinski definition) is 3. The molecule has 0 saturated heterocycles. The number of nitrogens with one attached hydrogen (secondary N) is 1. The van der Waals surface area contributed by atoms with Crippen molar-refractivity contribution in [1.29, 1.82) is 0 Å². The zero-order valence-corrected chi connectivity index (χ0v) is 9.18. The largest absolute Gasteiger partial charge is 0.480 e. The van der Waals surface area contributed by atoms with Crippen LogP contribution in [-0.4, -0.2) is 39.9 Å². The number of aliphatic carboxylic acids is 1. The molecule has 1 fully saturated rings. The standard InChI is InChI=1S/C9H17NO3S/c1-14(13)6-2-5-10-8(9(11)12)7-3-4-7/h7-8,10H,2-6H2,1H3,(H,11,12). The molecule has 5 heteroatoms. The third-order valence-electron chi connectivity index (χ3n) is 2.33. The monoisotopic (exact) mass is 219 g/mol. The first-order valence-electron chi connectivity index (χ1n) is 4.87. The maximum absolute atomic E-state index is 10.8. The van der Waals surface area contributed by atoms with Crippen LogP contribution in [0.5, 0.6) is 0 Å². The number of rotatable bonds is 7. The highest BCUT2D eigenvalue weighted by Crippen LogP contribution is 2.32. The molecule has 82 valence electrons. The second-order valence-electron chi connectivity index (χ2n) is 3.74.